The van der Waals surface area contributed by atoms with Crippen molar-refractivity contribution in [3.05, 3.63) is 216 Å². The van der Waals surface area contributed by atoms with Gasteiger partial charge in [-0.05, 0) is 69.2 Å². The standard InChI is InChI=1S/C68H56N2S5/c1-7-67(3,4)65-57(47-35-23-13-24-36-47)55(45-31-19-11-20-32-45)63(73-65)53-41-51(43-27-15-9-16-28-43)61(71-53)49-39-40-50(60-59(49)69-75-70-60)62-52(44-29-17-10-18-30-44)42-54(72-62)64-56(46-33-21-12-22-34-46)58(48-37-25-14-26-38-48)66(74-64)68(5,6)8-2/h9-42H,7-8H2,1-6H3. The predicted octanol–water partition coefficient (Wildman–Crippen LogP) is 22.0. The van der Waals surface area contributed by atoms with Gasteiger partial charge in [-0.2, -0.15) is 8.75 Å². The maximum absolute atomic E-state index is 5.22. The Labute approximate surface area is 461 Å². The summed E-state index contributed by atoms with van der Waals surface area (Å²) < 4.78 is 10.4. The van der Waals surface area contributed by atoms with Crippen molar-refractivity contribution < 1.29 is 0 Å². The highest BCUT2D eigenvalue weighted by Gasteiger charge is 2.34. The summed E-state index contributed by atoms with van der Waals surface area (Å²) in [6, 6.07) is 75.5. The van der Waals surface area contributed by atoms with Crippen molar-refractivity contribution in [2.45, 2.75) is 65.2 Å². The molecule has 5 aromatic heterocycles. The van der Waals surface area contributed by atoms with Crippen molar-refractivity contribution in [3.8, 4) is 107 Å². The fourth-order valence-corrected chi connectivity index (χ4v) is 16.5. The minimum absolute atomic E-state index is 0.0420. The Hall–Kier alpha value is -6.84. The second kappa shape index (κ2) is 20.4. The Morgan fingerprint density at radius 1 is 0.320 bits per heavy atom. The number of benzene rings is 7. The molecule has 12 aromatic rings. The number of rotatable bonds is 14. The van der Waals surface area contributed by atoms with E-state index in [1.165, 1.54) is 118 Å². The first-order valence-corrected chi connectivity index (χ1v) is 29.8. The van der Waals surface area contributed by atoms with Gasteiger partial charge in [0.2, 0.25) is 0 Å². The molecule has 0 bridgehead atoms. The van der Waals surface area contributed by atoms with E-state index in [1.807, 2.05) is 45.3 Å². The fraction of sp³-hybridized carbons (Fsp3) is 0.147. The molecule has 0 amide bonds. The van der Waals surface area contributed by atoms with Crippen LogP contribution in [0.1, 0.15) is 64.1 Å². The third-order valence-electron chi connectivity index (χ3n) is 15.0. The Balaban J connectivity index is 1.08. The second-order valence-electron chi connectivity index (χ2n) is 20.5. The summed E-state index contributed by atoms with van der Waals surface area (Å²) in [6.45, 7) is 14.3. The Morgan fingerprint density at radius 2 is 0.613 bits per heavy atom. The van der Waals surface area contributed by atoms with E-state index in [4.69, 9.17) is 8.75 Å². The summed E-state index contributed by atoms with van der Waals surface area (Å²) in [5.74, 6) is 0. The zero-order chi connectivity index (χ0) is 51.3. The normalized spacial score (nSPS) is 12.0. The van der Waals surface area contributed by atoms with Gasteiger partial charge < -0.3 is 0 Å². The van der Waals surface area contributed by atoms with E-state index in [-0.39, 0.29) is 10.8 Å². The molecular weight excluding hydrogens is 1010 g/mol. The maximum Gasteiger partial charge on any atom is 0.114 e. The fourth-order valence-electron chi connectivity index (χ4n) is 10.3. The van der Waals surface area contributed by atoms with Crippen LogP contribution in [0.25, 0.3) is 118 Å². The smallest absolute Gasteiger partial charge is 0.114 e. The molecule has 75 heavy (non-hydrogen) atoms. The number of thiophene rings is 4. The number of nitrogens with zero attached hydrogens (tertiary/aromatic N) is 2. The average molecular weight is 1060 g/mol. The summed E-state index contributed by atoms with van der Waals surface area (Å²) in [6.07, 6.45) is 2.05. The molecule has 0 aliphatic rings. The molecule has 2 nitrogen and oxygen atoms in total. The van der Waals surface area contributed by atoms with Crippen molar-refractivity contribution in [1.82, 2.24) is 8.75 Å². The monoisotopic (exact) mass is 1060 g/mol. The van der Waals surface area contributed by atoms with Gasteiger partial charge >= 0.3 is 0 Å². The van der Waals surface area contributed by atoms with Crippen LogP contribution in [-0.2, 0) is 10.8 Å². The molecule has 7 aromatic carbocycles. The van der Waals surface area contributed by atoms with Crippen LogP contribution in [0.2, 0.25) is 0 Å². The molecule has 0 N–H and O–H groups in total. The average Bonchev–Trinajstić information content (AvgIpc) is 4.36. The molecule has 0 fully saturated rings. The first-order valence-electron chi connectivity index (χ1n) is 25.8. The van der Waals surface area contributed by atoms with E-state index in [9.17, 15) is 0 Å². The lowest BCUT2D eigenvalue weighted by Crippen LogP contribution is -2.14. The lowest BCUT2D eigenvalue weighted by molar-refractivity contribution is 0.518. The SMILES string of the molecule is CCC(C)(C)c1sc(-c2cc(-c3ccccc3)c(-c3ccc(-c4sc(-c5sc(C(C)(C)CC)c(-c6ccccc6)c5-c5ccccc5)cc4-c4ccccc4)c4nsnc34)s2)c(-c2ccccc2)c1-c1ccccc1. The lowest BCUT2D eigenvalue weighted by Gasteiger charge is -2.24. The van der Waals surface area contributed by atoms with E-state index >= 15 is 0 Å². The van der Waals surface area contributed by atoms with E-state index in [2.05, 4.69) is 248 Å². The third kappa shape index (κ3) is 8.98. The molecule has 0 aliphatic carbocycles. The van der Waals surface area contributed by atoms with Crippen molar-refractivity contribution in [2.24, 2.45) is 0 Å². The van der Waals surface area contributed by atoms with Gasteiger partial charge in [0.25, 0.3) is 0 Å². The Kier molecular flexibility index (Phi) is 13.3. The van der Waals surface area contributed by atoms with Crippen LogP contribution < -0.4 is 0 Å². The highest BCUT2D eigenvalue weighted by atomic mass is 32.1. The number of aromatic nitrogens is 2. The molecular formula is C68H56N2S5. The van der Waals surface area contributed by atoms with E-state index in [0.717, 1.165) is 35.0 Å². The highest BCUT2D eigenvalue weighted by Crippen LogP contribution is 2.58. The number of hydrogen-bond acceptors (Lipinski definition) is 7. The van der Waals surface area contributed by atoms with E-state index in [0.29, 0.717) is 0 Å². The molecule has 0 saturated carbocycles. The van der Waals surface area contributed by atoms with Gasteiger partial charge in [-0.1, -0.05) is 236 Å². The van der Waals surface area contributed by atoms with Crippen LogP contribution in [-0.4, -0.2) is 8.75 Å². The van der Waals surface area contributed by atoms with Crippen LogP contribution >= 0.6 is 57.1 Å². The predicted molar refractivity (Wildman–Crippen MR) is 330 cm³/mol. The molecule has 0 unspecified atom stereocenters. The van der Waals surface area contributed by atoms with Gasteiger partial charge in [-0.3, -0.25) is 0 Å². The highest BCUT2D eigenvalue weighted by molar-refractivity contribution is 7.26. The third-order valence-corrected chi connectivity index (χ3v) is 21.4. The van der Waals surface area contributed by atoms with Crippen LogP contribution in [0, 0.1) is 0 Å². The van der Waals surface area contributed by atoms with Gasteiger partial charge in [-0.25, -0.2) is 0 Å². The zero-order valence-corrected chi connectivity index (χ0v) is 47.1. The summed E-state index contributed by atoms with van der Waals surface area (Å²) in [5, 5.41) is 0. The minimum Gasteiger partial charge on any atom is -0.172 e. The summed E-state index contributed by atoms with van der Waals surface area (Å²) in [5.41, 5.74) is 19.0. The zero-order valence-electron chi connectivity index (χ0n) is 43.0. The molecule has 0 saturated heterocycles. The molecule has 368 valence electrons. The number of hydrogen-bond donors (Lipinski definition) is 0. The summed E-state index contributed by atoms with van der Waals surface area (Å²) in [4.78, 5) is 10.3. The van der Waals surface area contributed by atoms with Gasteiger partial charge in [0.15, 0.2) is 0 Å². The maximum atomic E-state index is 5.22. The number of fused-ring (bicyclic) bond motifs is 1. The van der Waals surface area contributed by atoms with Gasteiger partial charge in [0, 0.05) is 73.8 Å². The lowest BCUT2D eigenvalue weighted by atomic mass is 9.82. The van der Waals surface area contributed by atoms with Crippen LogP contribution in [0.3, 0.4) is 0 Å². The minimum atomic E-state index is -0.0420. The van der Waals surface area contributed by atoms with Crippen LogP contribution in [0.15, 0.2) is 206 Å². The van der Waals surface area contributed by atoms with Gasteiger partial charge in [0.05, 0.1) is 21.5 Å². The summed E-state index contributed by atoms with van der Waals surface area (Å²) in [7, 11) is 0. The van der Waals surface area contributed by atoms with E-state index < -0.39 is 0 Å². The van der Waals surface area contributed by atoms with Gasteiger partial charge in [-0.15, -0.1) is 45.3 Å². The molecule has 0 spiro atoms. The molecule has 0 aliphatic heterocycles. The Bertz CT molecular complexity index is 3680. The molecule has 5 heterocycles. The molecule has 0 radical (unpaired) electrons. The van der Waals surface area contributed by atoms with Crippen molar-refractivity contribution in [1.29, 1.82) is 0 Å². The van der Waals surface area contributed by atoms with Crippen molar-refractivity contribution in [2.75, 3.05) is 0 Å². The second-order valence-corrected chi connectivity index (χ2v) is 25.2. The Morgan fingerprint density at radius 3 is 0.920 bits per heavy atom. The van der Waals surface area contributed by atoms with Crippen LogP contribution in [0.4, 0.5) is 0 Å². The first-order chi connectivity index (χ1) is 36.6. The van der Waals surface area contributed by atoms with E-state index in [1.54, 1.807) is 0 Å². The molecule has 12 rings (SSSR count). The van der Waals surface area contributed by atoms with Crippen molar-refractivity contribution in [3.63, 3.8) is 0 Å². The van der Waals surface area contributed by atoms with Gasteiger partial charge in [0.1, 0.15) is 11.0 Å². The first kappa shape index (κ1) is 49.1. The topological polar surface area (TPSA) is 25.8 Å². The molecule has 0 atom stereocenters. The molecule has 7 heteroatoms. The largest absolute Gasteiger partial charge is 0.172 e. The van der Waals surface area contributed by atoms with Crippen molar-refractivity contribution >= 4 is 68.1 Å². The summed E-state index contributed by atoms with van der Waals surface area (Å²) >= 11 is 9.01. The quantitative estimate of drug-likeness (QED) is 0.108. The van der Waals surface area contributed by atoms with Crippen LogP contribution in [0.5, 0.6) is 0 Å².